The smallest absolute Gasteiger partial charge is 0.226 e. The number of oxazole rings is 1. The number of halogens is 1. The summed E-state index contributed by atoms with van der Waals surface area (Å²) < 4.78 is 26.4. The van der Waals surface area contributed by atoms with E-state index < -0.39 is 0 Å². The molecule has 1 saturated heterocycles. The number of nitrogens with zero attached hydrogens (tertiary/aromatic N) is 5. The number of aromatic nitrogens is 4. The fraction of sp³-hybridized carbons (Fsp3) is 0.353. The molecule has 1 atom stereocenters. The third-order valence-corrected chi connectivity index (χ3v) is 4.09. The second-order valence-electron chi connectivity index (χ2n) is 6.00. The van der Waals surface area contributed by atoms with E-state index in [1.807, 2.05) is 0 Å². The molecule has 1 aliphatic heterocycles. The van der Waals surface area contributed by atoms with Crippen LogP contribution in [0.5, 0.6) is 0 Å². The molecule has 0 N–H and O–H groups in total. The van der Waals surface area contributed by atoms with Crippen LogP contribution in [0.15, 0.2) is 47.6 Å². The van der Waals surface area contributed by atoms with Crippen molar-refractivity contribution in [3.8, 4) is 11.5 Å². The average Bonchev–Trinajstić information content (AvgIpc) is 3.27. The second kappa shape index (κ2) is 7.12. The highest BCUT2D eigenvalue weighted by Gasteiger charge is 2.22. The molecule has 0 bridgehead atoms. The van der Waals surface area contributed by atoms with E-state index in [1.54, 1.807) is 29.4 Å². The third kappa shape index (κ3) is 3.92. The van der Waals surface area contributed by atoms with Crippen LogP contribution in [0.1, 0.15) is 5.69 Å². The zero-order valence-corrected chi connectivity index (χ0v) is 13.6. The maximum Gasteiger partial charge on any atom is 0.226 e. The van der Waals surface area contributed by atoms with Gasteiger partial charge < -0.3 is 9.15 Å². The number of ether oxygens (including phenoxy) is 1. The summed E-state index contributed by atoms with van der Waals surface area (Å²) in [6.45, 7) is 3.60. The van der Waals surface area contributed by atoms with Crippen LogP contribution in [-0.2, 0) is 17.8 Å². The highest BCUT2D eigenvalue weighted by atomic mass is 19.1. The van der Waals surface area contributed by atoms with Gasteiger partial charge in [0.15, 0.2) is 0 Å². The summed E-state index contributed by atoms with van der Waals surface area (Å²) in [6.07, 6.45) is 4.89. The van der Waals surface area contributed by atoms with Crippen LogP contribution in [0.2, 0.25) is 0 Å². The van der Waals surface area contributed by atoms with E-state index in [2.05, 4.69) is 20.0 Å². The Morgan fingerprint density at radius 2 is 2.28 bits per heavy atom. The zero-order chi connectivity index (χ0) is 17.1. The molecule has 3 aromatic rings. The Balaban J connectivity index is 1.38. The Hall–Kier alpha value is -2.58. The van der Waals surface area contributed by atoms with Crippen molar-refractivity contribution in [3.05, 3.63) is 54.7 Å². The van der Waals surface area contributed by atoms with Crippen LogP contribution >= 0.6 is 0 Å². The number of hydrogen-bond acceptors (Lipinski definition) is 6. The summed E-state index contributed by atoms with van der Waals surface area (Å²) in [5.41, 5.74) is 1.46. The minimum Gasteiger partial charge on any atom is -0.444 e. The first-order valence-electron chi connectivity index (χ1n) is 8.13. The van der Waals surface area contributed by atoms with Crippen molar-refractivity contribution < 1.29 is 13.5 Å². The Morgan fingerprint density at radius 1 is 1.32 bits per heavy atom. The molecular formula is C17H18FN5O2. The molecule has 0 saturated carbocycles. The van der Waals surface area contributed by atoms with Gasteiger partial charge >= 0.3 is 0 Å². The van der Waals surface area contributed by atoms with E-state index in [0.717, 1.165) is 18.8 Å². The van der Waals surface area contributed by atoms with Gasteiger partial charge in [0.05, 0.1) is 24.9 Å². The van der Waals surface area contributed by atoms with E-state index in [1.165, 1.54) is 18.5 Å². The topological polar surface area (TPSA) is 69.2 Å². The van der Waals surface area contributed by atoms with Crippen LogP contribution < -0.4 is 0 Å². The SMILES string of the molecule is Fc1cccc(-c2nc(CN3CCO[C@H](Cn4cncn4)C3)co2)c1. The Bertz CT molecular complexity index is 820. The summed E-state index contributed by atoms with van der Waals surface area (Å²) in [4.78, 5) is 10.7. The normalized spacial score (nSPS) is 18.5. The predicted molar refractivity (Wildman–Crippen MR) is 86.9 cm³/mol. The van der Waals surface area contributed by atoms with Gasteiger partial charge in [-0.05, 0) is 18.2 Å². The van der Waals surface area contributed by atoms with Crippen LogP contribution in [0, 0.1) is 5.82 Å². The van der Waals surface area contributed by atoms with Crippen LogP contribution in [0.4, 0.5) is 4.39 Å². The van der Waals surface area contributed by atoms with Crippen LogP contribution in [0.3, 0.4) is 0 Å². The molecule has 1 aromatic carbocycles. The highest BCUT2D eigenvalue weighted by molar-refractivity contribution is 5.52. The molecule has 25 heavy (non-hydrogen) atoms. The third-order valence-electron chi connectivity index (χ3n) is 4.09. The van der Waals surface area contributed by atoms with Crippen LogP contribution in [0.25, 0.3) is 11.5 Å². The zero-order valence-electron chi connectivity index (χ0n) is 13.6. The van der Waals surface area contributed by atoms with Gasteiger partial charge in [0.1, 0.15) is 24.7 Å². The van der Waals surface area contributed by atoms with Gasteiger partial charge in [-0.1, -0.05) is 6.07 Å². The first-order chi connectivity index (χ1) is 12.3. The number of morpholine rings is 1. The lowest BCUT2D eigenvalue weighted by atomic mass is 10.2. The Morgan fingerprint density at radius 3 is 3.12 bits per heavy atom. The summed E-state index contributed by atoms with van der Waals surface area (Å²) >= 11 is 0. The van der Waals surface area contributed by atoms with E-state index in [0.29, 0.717) is 31.2 Å². The maximum atomic E-state index is 13.3. The minimum atomic E-state index is -0.304. The van der Waals surface area contributed by atoms with Crippen molar-refractivity contribution >= 4 is 0 Å². The summed E-state index contributed by atoms with van der Waals surface area (Å²) in [7, 11) is 0. The van der Waals surface area contributed by atoms with Crippen molar-refractivity contribution in [2.45, 2.75) is 19.2 Å². The first-order valence-corrected chi connectivity index (χ1v) is 8.13. The van der Waals surface area contributed by atoms with Crippen molar-refractivity contribution in [3.63, 3.8) is 0 Å². The average molecular weight is 343 g/mol. The highest BCUT2D eigenvalue weighted by Crippen LogP contribution is 2.20. The number of rotatable bonds is 5. The molecule has 8 heteroatoms. The summed E-state index contributed by atoms with van der Waals surface area (Å²) in [5.74, 6) is 0.128. The lowest BCUT2D eigenvalue weighted by molar-refractivity contribution is -0.0406. The monoisotopic (exact) mass is 343 g/mol. The minimum absolute atomic E-state index is 0.0602. The molecule has 0 amide bonds. The number of hydrogen-bond donors (Lipinski definition) is 0. The molecule has 7 nitrogen and oxygen atoms in total. The van der Waals surface area contributed by atoms with Gasteiger partial charge in [-0.3, -0.25) is 9.58 Å². The van der Waals surface area contributed by atoms with Gasteiger partial charge in [0, 0.05) is 25.2 Å². The molecule has 2 aromatic heterocycles. The molecule has 1 fully saturated rings. The predicted octanol–water partition coefficient (Wildman–Crippen LogP) is 1.97. The summed E-state index contributed by atoms with van der Waals surface area (Å²) in [6, 6.07) is 6.24. The van der Waals surface area contributed by atoms with E-state index in [-0.39, 0.29) is 11.9 Å². The lowest BCUT2D eigenvalue weighted by Crippen LogP contribution is -2.43. The largest absolute Gasteiger partial charge is 0.444 e. The van der Waals surface area contributed by atoms with Gasteiger partial charge in [0.25, 0.3) is 0 Å². The van der Waals surface area contributed by atoms with Crippen molar-refractivity contribution in [1.29, 1.82) is 0 Å². The van der Waals surface area contributed by atoms with Crippen molar-refractivity contribution in [2.24, 2.45) is 0 Å². The molecule has 3 heterocycles. The molecule has 130 valence electrons. The molecule has 0 spiro atoms. The van der Waals surface area contributed by atoms with E-state index in [9.17, 15) is 4.39 Å². The summed E-state index contributed by atoms with van der Waals surface area (Å²) in [5, 5.41) is 4.11. The molecule has 1 aliphatic rings. The fourth-order valence-electron chi connectivity index (χ4n) is 2.93. The standard InChI is InChI=1S/C17H18FN5O2/c18-14-3-1-2-13(6-14)17-21-15(10-25-17)7-22-4-5-24-16(8-22)9-23-12-19-11-20-23/h1-3,6,10-12,16H,4-5,7-9H2/t16-/m0/s1. The molecular weight excluding hydrogens is 325 g/mol. The van der Waals surface area contributed by atoms with E-state index in [4.69, 9.17) is 9.15 Å². The van der Waals surface area contributed by atoms with Gasteiger partial charge in [-0.25, -0.2) is 14.4 Å². The molecule has 0 aliphatic carbocycles. The maximum absolute atomic E-state index is 13.3. The second-order valence-corrected chi connectivity index (χ2v) is 6.00. The van der Waals surface area contributed by atoms with Crippen molar-refractivity contribution in [2.75, 3.05) is 19.7 Å². The molecule has 0 radical (unpaired) electrons. The van der Waals surface area contributed by atoms with Gasteiger partial charge in [-0.15, -0.1) is 0 Å². The van der Waals surface area contributed by atoms with Gasteiger partial charge in [-0.2, -0.15) is 5.10 Å². The molecule has 4 rings (SSSR count). The Labute approximate surface area is 144 Å². The Kier molecular flexibility index (Phi) is 4.53. The van der Waals surface area contributed by atoms with Crippen LogP contribution in [-0.4, -0.2) is 50.4 Å². The quantitative estimate of drug-likeness (QED) is 0.705. The first kappa shape index (κ1) is 15.9. The van der Waals surface area contributed by atoms with E-state index >= 15 is 0 Å². The van der Waals surface area contributed by atoms with Gasteiger partial charge in [0.2, 0.25) is 5.89 Å². The molecule has 0 unspecified atom stereocenters. The lowest BCUT2D eigenvalue weighted by Gasteiger charge is -2.32. The fourth-order valence-corrected chi connectivity index (χ4v) is 2.93. The number of benzene rings is 1. The van der Waals surface area contributed by atoms with Crippen molar-refractivity contribution in [1.82, 2.24) is 24.6 Å².